The Hall–Kier alpha value is -2.87. The maximum atomic E-state index is 12.0. The van der Waals surface area contributed by atoms with E-state index < -0.39 is 11.4 Å². The van der Waals surface area contributed by atoms with E-state index in [2.05, 4.69) is 4.98 Å². The van der Waals surface area contributed by atoms with E-state index in [1.54, 1.807) is 30.4 Å². The number of hydrogen-bond donors (Lipinski definition) is 2. The Morgan fingerprint density at radius 2 is 2.26 bits per heavy atom. The molecule has 94 valence electrons. The zero-order valence-electron chi connectivity index (χ0n) is 9.88. The molecule has 2 N–H and O–H groups in total. The number of fused-ring (bicyclic) bond motifs is 1. The smallest absolute Gasteiger partial charge is 0.341 e. The van der Waals surface area contributed by atoms with Crippen LogP contribution >= 0.6 is 0 Å². The molecule has 1 heterocycles. The van der Waals surface area contributed by atoms with E-state index in [4.69, 9.17) is 10.4 Å². The lowest BCUT2D eigenvalue weighted by atomic mass is 10.1. The highest BCUT2D eigenvalue weighted by Gasteiger charge is 2.11. The average Bonchev–Trinajstić information content (AvgIpc) is 2.39. The van der Waals surface area contributed by atoms with Gasteiger partial charge in [-0.3, -0.25) is 4.79 Å². The van der Waals surface area contributed by atoms with Gasteiger partial charge in [-0.15, -0.1) is 0 Å². The van der Waals surface area contributed by atoms with Gasteiger partial charge in [0.15, 0.2) is 0 Å². The van der Waals surface area contributed by atoms with Crippen LogP contribution in [0, 0.1) is 11.3 Å². The van der Waals surface area contributed by atoms with Gasteiger partial charge in [0.25, 0.3) is 0 Å². The molecule has 0 bridgehead atoms. The largest absolute Gasteiger partial charge is 0.477 e. The first kappa shape index (κ1) is 12.6. The van der Waals surface area contributed by atoms with E-state index in [1.165, 1.54) is 6.20 Å². The monoisotopic (exact) mass is 254 g/mol. The highest BCUT2D eigenvalue weighted by Crippen LogP contribution is 2.12. The Labute approximate surface area is 108 Å². The molecule has 19 heavy (non-hydrogen) atoms. The van der Waals surface area contributed by atoms with Gasteiger partial charge < -0.3 is 10.1 Å². The van der Waals surface area contributed by atoms with Gasteiger partial charge in [0.2, 0.25) is 5.43 Å². The summed E-state index contributed by atoms with van der Waals surface area (Å²) in [5.74, 6) is -1.26. The number of pyridine rings is 1. The molecular weight excluding hydrogens is 244 g/mol. The molecular formula is C14H10N2O3. The summed E-state index contributed by atoms with van der Waals surface area (Å²) in [5.41, 5.74) is 0.519. The minimum Gasteiger partial charge on any atom is -0.477 e. The summed E-state index contributed by atoms with van der Waals surface area (Å²) in [7, 11) is 0. The lowest BCUT2D eigenvalue weighted by molar-refractivity contribution is 0.0695. The summed E-state index contributed by atoms with van der Waals surface area (Å²) in [4.78, 5) is 25.6. The maximum Gasteiger partial charge on any atom is 0.341 e. The Balaban J connectivity index is 2.58. The number of aromatic amines is 1. The molecule has 0 radical (unpaired) electrons. The third-order valence-electron chi connectivity index (χ3n) is 2.65. The summed E-state index contributed by atoms with van der Waals surface area (Å²) < 4.78 is 0. The van der Waals surface area contributed by atoms with Crippen molar-refractivity contribution in [2.75, 3.05) is 0 Å². The minimum absolute atomic E-state index is 0.281. The first-order valence-electron chi connectivity index (χ1n) is 5.55. The second kappa shape index (κ2) is 5.19. The quantitative estimate of drug-likeness (QED) is 0.877. The number of allylic oxidation sites excluding steroid dienone is 1. The van der Waals surface area contributed by atoms with Crippen LogP contribution in [0.1, 0.15) is 22.3 Å². The molecule has 1 aromatic heterocycles. The maximum absolute atomic E-state index is 12.0. The molecule has 0 aliphatic rings. The van der Waals surface area contributed by atoms with Crippen LogP contribution in [0.25, 0.3) is 17.0 Å². The van der Waals surface area contributed by atoms with Gasteiger partial charge in [0.1, 0.15) is 5.56 Å². The molecule has 0 spiro atoms. The van der Waals surface area contributed by atoms with Crippen LogP contribution in [-0.2, 0) is 0 Å². The van der Waals surface area contributed by atoms with E-state index in [0.29, 0.717) is 10.9 Å². The molecule has 0 amide bonds. The van der Waals surface area contributed by atoms with Crippen molar-refractivity contribution < 1.29 is 9.90 Å². The fraction of sp³-hybridized carbons (Fsp3) is 0.0714. The first-order valence-corrected chi connectivity index (χ1v) is 5.55. The van der Waals surface area contributed by atoms with Crippen molar-refractivity contribution in [2.45, 2.75) is 6.42 Å². The van der Waals surface area contributed by atoms with Crippen LogP contribution in [0.15, 0.2) is 35.3 Å². The topological polar surface area (TPSA) is 93.9 Å². The number of aromatic carboxylic acids is 1. The zero-order chi connectivity index (χ0) is 13.8. The predicted molar refractivity (Wildman–Crippen MR) is 70.8 cm³/mol. The van der Waals surface area contributed by atoms with Crippen molar-refractivity contribution in [3.8, 4) is 6.07 Å². The van der Waals surface area contributed by atoms with Crippen LogP contribution in [0.2, 0.25) is 0 Å². The number of nitriles is 1. The van der Waals surface area contributed by atoms with Gasteiger partial charge in [0.05, 0.1) is 12.5 Å². The molecule has 5 heteroatoms. The van der Waals surface area contributed by atoms with Gasteiger partial charge in [-0.1, -0.05) is 18.2 Å². The third-order valence-corrected chi connectivity index (χ3v) is 2.65. The standard InChI is InChI=1S/C14H10N2O3/c15-6-2-1-3-9-4-5-12-10(7-9)13(17)11(8-16-12)14(18)19/h1,3-5,7-8H,2H2,(H,16,17)(H,18,19). The fourth-order valence-corrected chi connectivity index (χ4v) is 1.75. The molecule has 2 aromatic rings. The Kier molecular flexibility index (Phi) is 3.44. The Bertz CT molecular complexity index is 766. The molecule has 0 saturated carbocycles. The number of carboxylic acids is 1. The second-order valence-electron chi connectivity index (χ2n) is 3.91. The van der Waals surface area contributed by atoms with E-state index in [1.807, 2.05) is 6.07 Å². The normalized spacial score (nSPS) is 10.7. The fourth-order valence-electron chi connectivity index (χ4n) is 1.75. The van der Waals surface area contributed by atoms with Crippen molar-refractivity contribution in [1.82, 2.24) is 4.98 Å². The van der Waals surface area contributed by atoms with Crippen molar-refractivity contribution in [3.05, 3.63) is 51.8 Å². The van der Waals surface area contributed by atoms with Gasteiger partial charge >= 0.3 is 5.97 Å². The van der Waals surface area contributed by atoms with Gasteiger partial charge in [0, 0.05) is 17.1 Å². The molecule has 0 saturated heterocycles. The number of nitrogens with one attached hydrogen (secondary N) is 1. The average molecular weight is 254 g/mol. The summed E-state index contributed by atoms with van der Waals surface area (Å²) >= 11 is 0. The van der Waals surface area contributed by atoms with Crippen LogP contribution in [-0.4, -0.2) is 16.1 Å². The minimum atomic E-state index is -1.26. The van der Waals surface area contributed by atoms with Crippen molar-refractivity contribution >= 4 is 22.9 Å². The number of nitrogens with zero attached hydrogens (tertiary/aromatic N) is 1. The van der Waals surface area contributed by atoms with Crippen LogP contribution in [0.5, 0.6) is 0 Å². The highest BCUT2D eigenvalue weighted by atomic mass is 16.4. The van der Waals surface area contributed by atoms with Gasteiger partial charge in [-0.05, 0) is 17.7 Å². The SMILES string of the molecule is N#CCC=Cc1ccc2[nH]cc(C(=O)O)c(=O)c2c1. The molecule has 0 fully saturated rings. The highest BCUT2D eigenvalue weighted by molar-refractivity contribution is 5.92. The van der Waals surface area contributed by atoms with Gasteiger partial charge in [-0.25, -0.2) is 4.79 Å². The first-order chi connectivity index (χ1) is 9.13. The number of aromatic nitrogens is 1. The lowest BCUT2D eigenvalue weighted by Crippen LogP contribution is -2.15. The van der Waals surface area contributed by atoms with E-state index in [-0.39, 0.29) is 12.0 Å². The number of rotatable bonds is 3. The summed E-state index contributed by atoms with van der Waals surface area (Å²) in [6.07, 6.45) is 4.87. The Morgan fingerprint density at radius 3 is 2.95 bits per heavy atom. The number of carboxylic acid groups (broad SMARTS) is 1. The Morgan fingerprint density at radius 1 is 1.47 bits per heavy atom. The zero-order valence-corrected chi connectivity index (χ0v) is 9.88. The lowest BCUT2D eigenvalue weighted by Gasteiger charge is -2.01. The van der Waals surface area contributed by atoms with Crippen LogP contribution < -0.4 is 5.43 Å². The van der Waals surface area contributed by atoms with E-state index in [9.17, 15) is 9.59 Å². The van der Waals surface area contributed by atoms with Crippen molar-refractivity contribution in [1.29, 1.82) is 5.26 Å². The number of H-pyrrole nitrogens is 1. The molecule has 0 atom stereocenters. The van der Waals surface area contributed by atoms with Crippen LogP contribution in [0.3, 0.4) is 0 Å². The van der Waals surface area contributed by atoms with Crippen molar-refractivity contribution in [2.24, 2.45) is 0 Å². The van der Waals surface area contributed by atoms with E-state index >= 15 is 0 Å². The van der Waals surface area contributed by atoms with Gasteiger partial charge in [-0.2, -0.15) is 5.26 Å². The summed E-state index contributed by atoms with van der Waals surface area (Å²) in [6, 6.07) is 7.07. The second-order valence-corrected chi connectivity index (χ2v) is 3.91. The molecule has 2 rings (SSSR count). The number of hydrogen-bond acceptors (Lipinski definition) is 3. The third kappa shape index (κ3) is 2.53. The van der Waals surface area contributed by atoms with Crippen molar-refractivity contribution in [3.63, 3.8) is 0 Å². The van der Waals surface area contributed by atoms with Crippen LogP contribution in [0.4, 0.5) is 0 Å². The predicted octanol–water partition coefficient (Wildman–Crippen LogP) is 2.15. The molecule has 0 aliphatic carbocycles. The molecule has 0 unspecified atom stereocenters. The summed E-state index contributed by atoms with van der Waals surface area (Å²) in [5, 5.41) is 17.7. The number of benzene rings is 1. The van der Waals surface area contributed by atoms with E-state index in [0.717, 1.165) is 5.56 Å². The number of carbonyl (C=O) groups is 1. The molecule has 0 aliphatic heterocycles. The molecule has 5 nitrogen and oxygen atoms in total. The summed E-state index contributed by atoms with van der Waals surface area (Å²) in [6.45, 7) is 0. The molecule has 1 aromatic carbocycles.